The zero-order valence-corrected chi connectivity index (χ0v) is 15.4. The Morgan fingerprint density at radius 2 is 1.67 bits per heavy atom. The highest BCUT2D eigenvalue weighted by molar-refractivity contribution is 8.00. The van der Waals surface area contributed by atoms with E-state index in [1.165, 1.54) is 10.8 Å². The number of fused-ring (bicyclic) bond motifs is 1. The first kappa shape index (κ1) is 17.6. The predicted molar refractivity (Wildman–Crippen MR) is 107 cm³/mol. The summed E-state index contributed by atoms with van der Waals surface area (Å²) >= 11 is 1.64. The number of amides is 1. The van der Waals surface area contributed by atoms with Crippen LogP contribution in [0.5, 0.6) is 5.75 Å². The molecule has 3 aromatic rings. The Balaban J connectivity index is 1.44. The normalized spacial score (nSPS) is 19.2. The van der Waals surface area contributed by atoms with Crippen LogP contribution < -0.4 is 10.1 Å². The summed E-state index contributed by atoms with van der Waals surface area (Å²) in [5, 5.41) is 5.22. The number of benzene rings is 3. The molecule has 1 saturated carbocycles. The van der Waals surface area contributed by atoms with Crippen LogP contribution in [0.15, 0.2) is 77.7 Å². The molecule has 4 nitrogen and oxygen atoms in total. The fraction of sp³-hybridized carbons (Fsp3) is 0.182. The van der Waals surface area contributed by atoms with Crippen LogP contribution in [-0.2, 0) is 4.79 Å². The summed E-state index contributed by atoms with van der Waals surface area (Å²) in [6.07, 6.45) is 0.271. The SMILES string of the molecule is O=C1C[C@H](Sc2ccc3ccccc3c2)[C@H](NC(=O)Oc2ccccc2)C1. The summed E-state index contributed by atoms with van der Waals surface area (Å²) in [6.45, 7) is 0. The van der Waals surface area contributed by atoms with E-state index in [1.54, 1.807) is 36.0 Å². The molecule has 0 aliphatic heterocycles. The van der Waals surface area contributed by atoms with Gasteiger partial charge in [0, 0.05) is 23.0 Å². The molecule has 0 spiro atoms. The minimum Gasteiger partial charge on any atom is -0.410 e. The molecule has 0 saturated heterocycles. The van der Waals surface area contributed by atoms with E-state index in [9.17, 15) is 9.59 Å². The molecule has 0 heterocycles. The number of ketones is 1. The molecular formula is C22H19NO3S. The summed E-state index contributed by atoms with van der Waals surface area (Å²) in [7, 11) is 0. The molecule has 0 unspecified atom stereocenters. The van der Waals surface area contributed by atoms with Gasteiger partial charge in [-0.1, -0.05) is 48.5 Å². The van der Waals surface area contributed by atoms with Crippen LogP contribution in [0, 0.1) is 0 Å². The van der Waals surface area contributed by atoms with Crippen LogP contribution in [-0.4, -0.2) is 23.2 Å². The quantitative estimate of drug-likeness (QED) is 0.708. The Kier molecular flexibility index (Phi) is 5.12. The maximum Gasteiger partial charge on any atom is 0.412 e. The number of hydrogen-bond donors (Lipinski definition) is 1. The fourth-order valence-electron chi connectivity index (χ4n) is 3.29. The van der Waals surface area contributed by atoms with Crippen molar-refractivity contribution in [2.45, 2.75) is 29.0 Å². The van der Waals surface area contributed by atoms with Crippen LogP contribution in [0.25, 0.3) is 10.8 Å². The number of carbonyl (C=O) groups is 2. The van der Waals surface area contributed by atoms with Gasteiger partial charge < -0.3 is 10.1 Å². The average molecular weight is 377 g/mol. The van der Waals surface area contributed by atoms with Gasteiger partial charge in [0.05, 0.1) is 6.04 Å². The lowest BCUT2D eigenvalue weighted by atomic mass is 10.1. The Morgan fingerprint density at radius 3 is 2.48 bits per heavy atom. The Morgan fingerprint density at radius 1 is 0.926 bits per heavy atom. The number of ether oxygens (including phenoxy) is 1. The largest absolute Gasteiger partial charge is 0.412 e. The van der Waals surface area contributed by atoms with E-state index in [0.29, 0.717) is 18.6 Å². The lowest BCUT2D eigenvalue weighted by Gasteiger charge is -2.19. The molecule has 1 amide bonds. The molecule has 4 rings (SSSR count). The average Bonchev–Trinajstić information content (AvgIpc) is 3.01. The van der Waals surface area contributed by atoms with Crippen LogP contribution in [0.1, 0.15) is 12.8 Å². The molecule has 0 aromatic heterocycles. The molecule has 3 aromatic carbocycles. The number of rotatable bonds is 4. The van der Waals surface area contributed by atoms with Gasteiger partial charge in [-0.15, -0.1) is 11.8 Å². The van der Waals surface area contributed by atoms with Crippen molar-refractivity contribution in [2.75, 3.05) is 0 Å². The van der Waals surface area contributed by atoms with Gasteiger partial charge >= 0.3 is 6.09 Å². The van der Waals surface area contributed by atoms with Gasteiger partial charge in [0.25, 0.3) is 0 Å². The predicted octanol–water partition coefficient (Wildman–Crippen LogP) is 4.82. The highest BCUT2D eigenvalue weighted by atomic mass is 32.2. The van der Waals surface area contributed by atoms with Gasteiger partial charge in [-0.25, -0.2) is 4.79 Å². The molecule has 2 atom stereocenters. The van der Waals surface area contributed by atoms with Crippen LogP contribution >= 0.6 is 11.8 Å². The van der Waals surface area contributed by atoms with Crippen molar-refractivity contribution in [3.05, 3.63) is 72.8 Å². The summed E-state index contributed by atoms with van der Waals surface area (Å²) in [4.78, 5) is 25.3. The standard InChI is InChI=1S/C22H19NO3S/c24-17-13-20(23-22(25)26-18-8-2-1-3-9-18)21(14-17)27-19-11-10-15-6-4-5-7-16(15)12-19/h1-12,20-21H,13-14H2,(H,23,25)/t20-,21+/m1/s1. The monoisotopic (exact) mass is 377 g/mol. The molecule has 5 heteroatoms. The molecule has 0 radical (unpaired) electrons. The van der Waals surface area contributed by atoms with E-state index in [1.807, 2.05) is 18.2 Å². The van der Waals surface area contributed by atoms with Gasteiger partial charge in [-0.05, 0) is 35.0 Å². The van der Waals surface area contributed by atoms with E-state index < -0.39 is 6.09 Å². The van der Waals surface area contributed by atoms with Crippen molar-refractivity contribution in [1.29, 1.82) is 0 Å². The number of nitrogens with one attached hydrogen (secondary N) is 1. The second-order valence-corrected chi connectivity index (χ2v) is 7.88. The molecule has 27 heavy (non-hydrogen) atoms. The topological polar surface area (TPSA) is 55.4 Å². The summed E-state index contributed by atoms with van der Waals surface area (Å²) < 4.78 is 5.30. The zero-order valence-electron chi connectivity index (χ0n) is 14.6. The highest BCUT2D eigenvalue weighted by Crippen LogP contribution is 2.35. The lowest BCUT2D eigenvalue weighted by molar-refractivity contribution is -0.117. The van der Waals surface area contributed by atoms with Crippen molar-refractivity contribution in [3.8, 4) is 5.75 Å². The van der Waals surface area contributed by atoms with E-state index in [2.05, 4.69) is 35.6 Å². The first-order valence-corrected chi connectivity index (χ1v) is 9.76. The van der Waals surface area contributed by atoms with E-state index in [0.717, 1.165) is 4.90 Å². The van der Waals surface area contributed by atoms with Crippen molar-refractivity contribution >= 4 is 34.4 Å². The van der Waals surface area contributed by atoms with Gasteiger partial charge in [0.1, 0.15) is 11.5 Å². The van der Waals surface area contributed by atoms with Crippen LogP contribution in [0.4, 0.5) is 4.79 Å². The molecule has 136 valence electrons. The third kappa shape index (κ3) is 4.31. The minimum atomic E-state index is -0.523. The lowest BCUT2D eigenvalue weighted by Crippen LogP contribution is -2.40. The van der Waals surface area contributed by atoms with E-state index in [4.69, 9.17) is 4.74 Å². The minimum absolute atomic E-state index is 0.00184. The second kappa shape index (κ2) is 7.84. The van der Waals surface area contributed by atoms with Gasteiger partial charge in [0.2, 0.25) is 0 Å². The molecular weight excluding hydrogens is 358 g/mol. The van der Waals surface area contributed by atoms with Crippen molar-refractivity contribution < 1.29 is 14.3 Å². The number of para-hydroxylation sites is 1. The highest BCUT2D eigenvalue weighted by Gasteiger charge is 2.35. The summed E-state index contributed by atoms with van der Waals surface area (Å²) in [5.41, 5.74) is 0. The van der Waals surface area contributed by atoms with E-state index in [-0.39, 0.29) is 17.1 Å². The van der Waals surface area contributed by atoms with Crippen molar-refractivity contribution in [1.82, 2.24) is 5.32 Å². The Labute approximate surface area is 161 Å². The van der Waals surface area contributed by atoms with E-state index >= 15 is 0 Å². The number of hydrogen-bond acceptors (Lipinski definition) is 4. The second-order valence-electron chi connectivity index (χ2n) is 6.57. The van der Waals surface area contributed by atoms with Crippen LogP contribution in [0.2, 0.25) is 0 Å². The summed E-state index contributed by atoms with van der Waals surface area (Å²) in [5.74, 6) is 0.649. The molecule has 1 N–H and O–H groups in total. The fourth-order valence-corrected chi connectivity index (χ4v) is 4.58. The number of carbonyl (C=O) groups excluding carboxylic acids is 2. The molecule has 0 bridgehead atoms. The number of Topliss-reactive ketones (excluding diaryl/α,β-unsaturated/α-hetero) is 1. The van der Waals surface area contributed by atoms with Crippen LogP contribution in [0.3, 0.4) is 0 Å². The third-order valence-electron chi connectivity index (χ3n) is 4.59. The smallest absolute Gasteiger partial charge is 0.410 e. The number of thioether (sulfide) groups is 1. The molecule has 1 aliphatic rings. The van der Waals surface area contributed by atoms with Crippen molar-refractivity contribution in [3.63, 3.8) is 0 Å². The maximum atomic E-state index is 12.2. The molecule has 1 fully saturated rings. The first-order valence-electron chi connectivity index (χ1n) is 8.88. The van der Waals surface area contributed by atoms with Gasteiger partial charge in [0.15, 0.2) is 0 Å². The third-order valence-corrected chi connectivity index (χ3v) is 5.91. The Hall–Kier alpha value is -2.79. The van der Waals surface area contributed by atoms with Crippen molar-refractivity contribution in [2.24, 2.45) is 0 Å². The zero-order chi connectivity index (χ0) is 18.6. The maximum absolute atomic E-state index is 12.2. The molecule has 1 aliphatic carbocycles. The van der Waals surface area contributed by atoms with Gasteiger partial charge in [-0.3, -0.25) is 4.79 Å². The Bertz CT molecular complexity index is 973. The summed E-state index contributed by atoms with van der Waals surface area (Å²) in [6, 6.07) is 23.1. The first-order chi connectivity index (χ1) is 13.2. The van der Waals surface area contributed by atoms with Gasteiger partial charge in [-0.2, -0.15) is 0 Å².